The molecule has 0 unspecified atom stereocenters. The highest BCUT2D eigenvalue weighted by molar-refractivity contribution is 6.07. The number of imide groups is 1. The van der Waals surface area contributed by atoms with E-state index in [1.54, 1.807) is 0 Å². The zero-order valence-corrected chi connectivity index (χ0v) is 17.3. The number of carbonyl (C=O) groups excluding carboxylic acids is 2. The molecule has 0 spiro atoms. The molecule has 3 atom stereocenters. The topological polar surface area (TPSA) is 86.7 Å². The molecule has 3 rings (SSSR count). The van der Waals surface area contributed by atoms with E-state index in [1.165, 1.54) is 0 Å². The van der Waals surface area contributed by atoms with E-state index in [9.17, 15) is 32.7 Å². The van der Waals surface area contributed by atoms with Gasteiger partial charge in [-0.1, -0.05) is 49.1 Å². The Morgan fingerprint density at radius 2 is 1.90 bits per heavy atom. The highest BCUT2D eigenvalue weighted by Crippen LogP contribution is 2.36. The fraction of sp³-hybridized carbons (Fsp3) is 0.591. The summed E-state index contributed by atoms with van der Waals surface area (Å²) in [6, 6.07) is 2.71. The van der Waals surface area contributed by atoms with Crippen LogP contribution in [0.1, 0.15) is 49.7 Å². The average Bonchev–Trinajstić information content (AvgIpc) is 2.69. The van der Waals surface area contributed by atoms with Crippen LogP contribution in [0.3, 0.4) is 0 Å². The summed E-state index contributed by atoms with van der Waals surface area (Å²) in [4.78, 5) is 37.2. The summed E-state index contributed by atoms with van der Waals surface area (Å²) in [6.07, 6.45) is -1.22. The molecule has 0 radical (unpaired) electrons. The molecule has 170 valence electrons. The first kappa shape index (κ1) is 23.1. The monoisotopic (exact) mass is 440 g/mol. The molecular formula is C22H27F3N2O4. The fourth-order valence-electron chi connectivity index (χ4n) is 4.67. The summed E-state index contributed by atoms with van der Waals surface area (Å²) in [6.45, 7) is 1.91. The van der Waals surface area contributed by atoms with Crippen molar-refractivity contribution in [3.05, 3.63) is 35.4 Å². The van der Waals surface area contributed by atoms with Gasteiger partial charge < -0.3 is 10.4 Å². The van der Waals surface area contributed by atoms with Crippen molar-refractivity contribution in [3.63, 3.8) is 0 Å². The third-order valence-electron chi connectivity index (χ3n) is 6.27. The number of carboxylic acids is 1. The standard InChI is InChI=1S/C22H27F3N2O4/c1-13-6-5-7-14(12-13)10-11-16-17(20(29)30)27(19(16)28)21(31)26-18(22(23,24)25)15-8-3-2-4-9-15/h5-7,12,15-18H,2-4,8-11H2,1H3,(H,26,31)(H,29,30)/t16-,17+,18+/m1/s1. The van der Waals surface area contributed by atoms with E-state index >= 15 is 0 Å². The minimum absolute atomic E-state index is 0.203. The third-order valence-corrected chi connectivity index (χ3v) is 6.27. The first-order valence-electron chi connectivity index (χ1n) is 10.6. The van der Waals surface area contributed by atoms with Crippen molar-refractivity contribution in [2.45, 2.75) is 70.1 Å². The summed E-state index contributed by atoms with van der Waals surface area (Å²) in [5, 5.41) is 11.5. The number of urea groups is 1. The predicted octanol–water partition coefficient (Wildman–Crippen LogP) is 4.06. The van der Waals surface area contributed by atoms with E-state index in [2.05, 4.69) is 0 Å². The number of halogens is 3. The van der Waals surface area contributed by atoms with E-state index in [0.29, 0.717) is 37.0 Å². The van der Waals surface area contributed by atoms with Gasteiger partial charge in [-0.05, 0) is 44.1 Å². The Labute approximate surface area is 178 Å². The largest absolute Gasteiger partial charge is 0.480 e. The minimum atomic E-state index is -4.67. The number of likely N-dealkylation sites (tertiary alicyclic amines) is 1. The van der Waals surface area contributed by atoms with Crippen LogP contribution in [0.25, 0.3) is 0 Å². The van der Waals surface area contributed by atoms with Gasteiger partial charge in [0.25, 0.3) is 0 Å². The number of alkyl halides is 3. The smallest absolute Gasteiger partial charge is 0.408 e. The van der Waals surface area contributed by atoms with Crippen LogP contribution >= 0.6 is 0 Å². The van der Waals surface area contributed by atoms with Crippen molar-refractivity contribution in [2.75, 3.05) is 0 Å². The molecule has 1 aliphatic carbocycles. The highest BCUT2D eigenvalue weighted by Gasteiger charge is 2.56. The Kier molecular flexibility index (Phi) is 6.91. The molecule has 1 saturated heterocycles. The summed E-state index contributed by atoms with van der Waals surface area (Å²) in [5.74, 6) is -3.86. The normalized spacial score (nSPS) is 23.2. The summed E-state index contributed by atoms with van der Waals surface area (Å²) in [7, 11) is 0. The van der Waals surface area contributed by atoms with Gasteiger partial charge in [-0.15, -0.1) is 0 Å². The number of hydrogen-bond donors (Lipinski definition) is 2. The molecule has 1 aromatic carbocycles. The maximum atomic E-state index is 13.6. The van der Waals surface area contributed by atoms with Gasteiger partial charge in [-0.2, -0.15) is 13.2 Å². The second-order valence-corrected chi connectivity index (χ2v) is 8.49. The molecule has 0 bridgehead atoms. The Hall–Kier alpha value is -2.58. The summed E-state index contributed by atoms with van der Waals surface area (Å²) < 4.78 is 40.8. The number of benzene rings is 1. The van der Waals surface area contributed by atoms with Gasteiger partial charge in [-0.3, -0.25) is 4.79 Å². The number of aryl methyl sites for hydroxylation is 2. The lowest BCUT2D eigenvalue weighted by atomic mass is 9.82. The van der Waals surface area contributed by atoms with Gasteiger partial charge in [-0.25, -0.2) is 14.5 Å². The van der Waals surface area contributed by atoms with Crippen LogP contribution in [0.5, 0.6) is 0 Å². The van der Waals surface area contributed by atoms with Crippen LogP contribution in [0.2, 0.25) is 0 Å². The molecule has 2 aliphatic rings. The lowest BCUT2D eigenvalue weighted by Crippen LogP contribution is -2.69. The van der Waals surface area contributed by atoms with Gasteiger partial charge in [0, 0.05) is 0 Å². The molecule has 1 aliphatic heterocycles. The maximum absolute atomic E-state index is 13.6. The van der Waals surface area contributed by atoms with Crippen LogP contribution in [-0.2, 0) is 16.0 Å². The summed E-state index contributed by atoms with van der Waals surface area (Å²) >= 11 is 0. The Morgan fingerprint density at radius 3 is 2.48 bits per heavy atom. The van der Waals surface area contributed by atoms with E-state index in [4.69, 9.17) is 0 Å². The van der Waals surface area contributed by atoms with E-state index in [-0.39, 0.29) is 6.42 Å². The van der Waals surface area contributed by atoms with Crippen molar-refractivity contribution < 1.29 is 32.7 Å². The van der Waals surface area contributed by atoms with Crippen LogP contribution in [0, 0.1) is 18.8 Å². The number of rotatable bonds is 6. The third kappa shape index (κ3) is 5.19. The molecule has 3 amide bonds. The van der Waals surface area contributed by atoms with Crippen molar-refractivity contribution >= 4 is 17.9 Å². The van der Waals surface area contributed by atoms with E-state index in [0.717, 1.165) is 17.5 Å². The SMILES string of the molecule is Cc1cccc(CC[C@H]2C(=O)N(C(=O)N[C@@H](C3CCCCC3)C(F)(F)F)[C@@H]2C(=O)O)c1. The zero-order chi connectivity index (χ0) is 22.8. The fourth-order valence-corrected chi connectivity index (χ4v) is 4.67. The number of carboxylic acid groups (broad SMARTS) is 1. The van der Waals surface area contributed by atoms with Gasteiger partial charge in [0.1, 0.15) is 6.04 Å². The van der Waals surface area contributed by atoms with Crippen LogP contribution in [0.15, 0.2) is 24.3 Å². The molecule has 9 heteroatoms. The molecule has 2 N–H and O–H groups in total. The van der Waals surface area contributed by atoms with Crippen molar-refractivity contribution in [1.29, 1.82) is 0 Å². The predicted molar refractivity (Wildman–Crippen MR) is 106 cm³/mol. The number of β-lactam (4-membered cyclic amide) rings is 1. The quantitative estimate of drug-likeness (QED) is 0.653. The van der Waals surface area contributed by atoms with Gasteiger partial charge in [0.15, 0.2) is 6.04 Å². The summed E-state index contributed by atoms with van der Waals surface area (Å²) in [5.41, 5.74) is 1.95. The van der Waals surface area contributed by atoms with Gasteiger partial charge >= 0.3 is 18.2 Å². The molecule has 2 fully saturated rings. The van der Waals surface area contributed by atoms with E-state index < -0.39 is 48.0 Å². The Bertz CT molecular complexity index is 836. The van der Waals surface area contributed by atoms with E-state index in [1.807, 2.05) is 36.5 Å². The van der Waals surface area contributed by atoms with Crippen LogP contribution in [-0.4, -0.2) is 46.2 Å². The van der Waals surface area contributed by atoms with Crippen LogP contribution in [0.4, 0.5) is 18.0 Å². The zero-order valence-electron chi connectivity index (χ0n) is 17.3. The Morgan fingerprint density at radius 1 is 1.23 bits per heavy atom. The number of amides is 3. The molecule has 1 heterocycles. The van der Waals surface area contributed by atoms with Crippen molar-refractivity contribution in [2.24, 2.45) is 11.8 Å². The lowest BCUT2D eigenvalue weighted by Gasteiger charge is -2.44. The minimum Gasteiger partial charge on any atom is -0.480 e. The molecule has 6 nitrogen and oxygen atoms in total. The second kappa shape index (κ2) is 9.28. The van der Waals surface area contributed by atoms with Crippen LogP contribution < -0.4 is 5.32 Å². The molecule has 31 heavy (non-hydrogen) atoms. The number of nitrogens with zero attached hydrogens (tertiary/aromatic N) is 1. The Balaban J connectivity index is 1.68. The molecule has 0 aromatic heterocycles. The first-order chi connectivity index (χ1) is 14.6. The number of carbonyl (C=O) groups is 3. The molecule has 1 saturated carbocycles. The van der Waals surface area contributed by atoms with Crippen molar-refractivity contribution in [1.82, 2.24) is 10.2 Å². The van der Waals surface area contributed by atoms with Gasteiger partial charge in [0.2, 0.25) is 5.91 Å². The average molecular weight is 440 g/mol. The first-order valence-corrected chi connectivity index (χ1v) is 10.6. The van der Waals surface area contributed by atoms with Crippen molar-refractivity contribution in [3.8, 4) is 0 Å². The second-order valence-electron chi connectivity index (χ2n) is 8.49. The number of hydrogen-bond acceptors (Lipinski definition) is 3. The number of aliphatic carboxylic acids is 1. The highest BCUT2D eigenvalue weighted by atomic mass is 19.4. The molecular weight excluding hydrogens is 413 g/mol. The van der Waals surface area contributed by atoms with Gasteiger partial charge in [0.05, 0.1) is 5.92 Å². The lowest BCUT2D eigenvalue weighted by molar-refractivity contribution is -0.173. The number of nitrogens with one attached hydrogen (secondary N) is 1. The maximum Gasteiger partial charge on any atom is 0.408 e. The molecule has 1 aromatic rings.